The van der Waals surface area contributed by atoms with Gasteiger partial charge in [-0.1, -0.05) is 0 Å². The molecule has 18 heavy (non-hydrogen) atoms. The molecule has 1 rings (SSSR count). The summed E-state index contributed by atoms with van der Waals surface area (Å²) < 4.78 is 4.88. The van der Waals surface area contributed by atoms with E-state index in [2.05, 4.69) is 10.3 Å². The highest BCUT2D eigenvalue weighted by molar-refractivity contribution is 7.99. The van der Waals surface area contributed by atoms with Gasteiger partial charge in [0.15, 0.2) is 0 Å². The normalized spacial score (nSPS) is 9.83. The van der Waals surface area contributed by atoms with Gasteiger partial charge in [0, 0.05) is 24.6 Å². The van der Waals surface area contributed by atoms with Crippen molar-refractivity contribution in [3.8, 4) is 5.88 Å². The predicted molar refractivity (Wildman–Crippen MR) is 68.1 cm³/mol. The Hall–Kier alpha value is -1.76. The van der Waals surface area contributed by atoms with Gasteiger partial charge >= 0.3 is 5.97 Å². The van der Waals surface area contributed by atoms with Crippen molar-refractivity contribution in [1.82, 2.24) is 10.3 Å². The van der Waals surface area contributed by atoms with E-state index in [9.17, 15) is 9.59 Å². The van der Waals surface area contributed by atoms with Crippen LogP contribution in [0, 0.1) is 0 Å². The number of carboxylic acids is 1. The number of methoxy groups -OCH3 is 1. The maximum Gasteiger partial charge on any atom is 0.313 e. The summed E-state index contributed by atoms with van der Waals surface area (Å²) in [6, 6.07) is 3.22. The van der Waals surface area contributed by atoms with Crippen LogP contribution in [-0.2, 0) is 4.79 Å². The Balaban J connectivity index is 2.29. The molecule has 1 aromatic heterocycles. The van der Waals surface area contributed by atoms with Gasteiger partial charge < -0.3 is 15.2 Å². The summed E-state index contributed by atoms with van der Waals surface area (Å²) in [6.45, 7) is 0.419. The number of nitrogens with zero attached hydrogens (tertiary/aromatic N) is 1. The zero-order chi connectivity index (χ0) is 13.4. The number of aromatic nitrogens is 1. The maximum atomic E-state index is 11.6. The summed E-state index contributed by atoms with van der Waals surface area (Å²) in [4.78, 5) is 25.8. The number of rotatable bonds is 7. The monoisotopic (exact) mass is 270 g/mol. The molecule has 0 saturated heterocycles. The third-order valence-corrected chi connectivity index (χ3v) is 2.91. The maximum absolute atomic E-state index is 11.6. The summed E-state index contributed by atoms with van der Waals surface area (Å²) in [5.74, 6) is -0.0444. The SMILES string of the molecule is COc1ccc(C(=O)NCCSCC(=O)O)cn1. The minimum absolute atomic E-state index is 0.0416. The molecule has 0 aromatic carbocycles. The Bertz CT molecular complexity index is 408. The largest absolute Gasteiger partial charge is 0.481 e. The fraction of sp³-hybridized carbons (Fsp3) is 0.364. The van der Waals surface area contributed by atoms with Crippen LogP contribution in [-0.4, -0.2) is 47.1 Å². The van der Waals surface area contributed by atoms with Crippen molar-refractivity contribution in [3.05, 3.63) is 23.9 Å². The van der Waals surface area contributed by atoms with Gasteiger partial charge in [-0.05, 0) is 6.07 Å². The first-order chi connectivity index (χ1) is 8.63. The third-order valence-electron chi connectivity index (χ3n) is 1.97. The van der Waals surface area contributed by atoms with E-state index in [0.29, 0.717) is 23.7 Å². The molecule has 0 saturated carbocycles. The molecular weight excluding hydrogens is 256 g/mol. The van der Waals surface area contributed by atoms with Crippen LogP contribution >= 0.6 is 11.8 Å². The molecule has 0 unspecified atom stereocenters. The lowest BCUT2D eigenvalue weighted by Gasteiger charge is -2.04. The third kappa shape index (κ3) is 5.05. The lowest BCUT2D eigenvalue weighted by Crippen LogP contribution is -2.26. The van der Waals surface area contributed by atoms with E-state index in [1.54, 1.807) is 12.1 Å². The fourth-order valence-electron chi connectivity index (χ4n) is 1.13. The van der Waals surface area contributed by atoms with Crippen molar-refractivity contribution in [2.24, 2.45) is 0 Å². The molecule has 7 heteroatoms. The predicted octanol–water partition coefficient (Wildman–Crippen LogP) is 0.638. The van der Waals surface area contributed by atoms with E-state index >= 15 is 0 Å². The number of carbonyl (C=O) groups is 2. The van der Waals surface area contributed by atoms with Gasteiger partial charge in [-0.15, -0.1) is 11.8 Å². The standard InChI is InChI=1S/C11H14N2O4S/c1-17-9-3-2-8(6-13-9)11(16)12-4-5-18-7-10(14)15/h2-3,6H,4-5,7H2,1H3,(H,12,16)(H,14,15). The van der Waals surface area contributed by atoms with Gasteiger partial charge in [0.05, 0.1) is 18.4 Å². The van der Waals surface area contributed by atoms with Crippen LogP contribution in [0.4, 0.5) is 0 Å². The zero-order valence-electron chi connectivity index (χ0n) is 9.88. The number of aliphatic carboxylic acids is 1. The molecular formula is C11H14N2O4S. The Kier molecular flexibility index (Phi) is 5.99. The smallest absolute Gasteiger partial charge is 0.313 e. The van der Waals surface area contributed by atoms with Crippen molar-refractivity contribution in [3.63, 3.8) is 0 Å². The summed E-state index contributed by atoms with van der Waals surface area (Å²) >= 11 is 1.25. The highest BCUT2D eigenvalue weighted by Gasteiger charge is 2.05. The van der Waals surface area contributed by atoms with E-state index in [1.165, 1.54) is 25.1 Å². The van der Waals surface area contributed by atoms with Gasteiger partial charge in [-0.2, -0.15) is 0 Å². The number of nitrogens with one attached hydrogen (secondary N) is 1. The second-order valence-electron chi connectivity index (χ2n) is 3.29. The summed E-state index contributed by atoms with van der Waals surface area (Å²) in [7, 11) is 1.50. The van der Waals surface area contributed by atoms with Crippen LogP contribution in [0.25, 0.3) is 0 Å². The number of hydrogen-bond donors (Lipinski definition) is 2. The molecule has 0 bridgehead atoms. The average Bonchev–Trinajstić information content (AvgIpc) is 2.38. The molecule has 1 aromatic rings. The van der Waals surface area contributed by atoms with Crippen LogP contribution < -0.4 is 10.1 Å². The molecule has 2 N–H and O–H groups in total. The molecule has 0 aliphatic carbocycles. The van der Waals surface area contributed by atoms with E-state index in [0.717, 1.165) is 0 Å². The van der Waals surface area contributed by atoms with Crippen LogP contribution in [0.15, 0.2) is 18.3 Å². The van der Waals surface area contributed by atoms with E-state index in [-0.39, 0.29) is 11.7 Å². The Morgan fingerprint density at radius 3 is 2.83 bits per heavy atom. The number of amides is 1. The topological polar surface area (TPSA) is 88.5 Å². The van der Waals surface area contributed by atoms with Gasteiger partial charge in [0.2, 0.25) is 5.88 Å². The van der Waals surface area contributed by atoms with Crippen molar-refractivity contribution in [2.75, 3.05) is 25.2 Å². The first-order valence-corrected chi connectivity index (χ1v) is 6.36. The minimum Gasteiger partial charge on any atom is -0.481 e. The molecule has 98 valence electrons. The minimum atomic E-state index is -0.856. The molecule has 0 aliphatic heterocycles. The van der Waals surface area contributed by atoms with Crippen LogP contribution in [0.2, 0.25) is 0 Å². The first-order valence-electron chi connectivity index (χ1n) is 5.21. The second kappa shape index (κ2) is 7.54. The number of hydrogen-bond acceptors (Lipinski definition) is 5. The molecule has 0 atom stereocenters. The number of pyridine rings is 1. The number of carboxylic acid groups (broad SMARTS) is 1. The second-order valence-corrected chi connectivity index (χ2v) is 4.40. The lowest BCUT2D eigenvalue weighted by atomic mass is 10.2. The Morgan fingerprint density at radius 1 is 1.50 bits per heavy atom. The van der Waals surface area contributed by atoms with E-state index in [1.807, 2.05) is 0 Å². The Morgan fingerprint density at radius 2 is 2.28 bits per heavy atom. The summed E-state index contributed by atoms with van der Waals surface area (Å²) in [5.41, 5.74) is 0.444. The number of carbonyl (C=O) groups excluding carboxylic acids is 1. The average molecular weight is 270 g/mol. The zero-order valence-corrected chi connectivity index (χ0v) is 10.7. The molecule has 0 radical (unpaired) electrons. The van der Waals surface area contributed by atoms with Crippen molar-refractivity contribution >= 4 is 23.6 Å². The highest BCUT2D eigenvalue weighted by atomic mass is 32.2. The van der Waals surface area contributed by atoms with E-state index < -0.39 is 5.97 Å². The quantitative estimate of drug-likeness (QED) is 0.707. The molecule has 1 heterocycles. The summed E-state index contributed by atoms with van der Waals surface area (Å²) in [6.07, 6.45) is 1.43. The first kappa shape index (κ1) is 14.3. The molecule has 1 amide bonds. The number of thioether (sulfide) groups is 1. The van der Waals surface area contributed by atoms with Crippen LogP contribution in [0.5, 0.6) is 5.88 Å². The van der Waals surface area contributed by atoms with Gasteiger partial charge in [-0.25, -0.2) is 4.98 Å². The molecule has 0 aliphatic rings. The molecule has 0 fully saturated rings. The van der Waals surface area contributed by atoms with Crippen LogP contribution in [0.3, 0.4) is 0 Å². The Labute approximate surface area is 109 Å². The summed E-state index contributed by atoms with van der Waals surface area (Å²) in [5, 5.41) is 11.1. The van der Waals surface area contributed by atoms with Gasteiger partial charge in [0.25, 0.3) is 5.91 Å². The van der Waals surface area contributed by atoms with Crippen molar-refractivity contribution in [1.29, 1.82) is 0 Å². The van der Waals surface area contributed by atoms with Crippen molar-refractivity contribution < 1.29 is 19.4 Å². The molecule has 0 spiro atoms. The highest BCUT2D eigenvalue weighted by Crippen LogP contribution is 2.06. The fourth-order valence-corrected chi connectivity index (χ4v) is 1.70. The van der Waals surface area contributed by atoms with E-state index in [4.69, 9.17) is 9.84 Å². The number of ether oxygens (including phenoxy) is 1. The molecule has 6 nitrogen and oxygen atoms in total. The van der Waals surface area contributed by atoms with Crippen LogP contribution in [0.1, 0.15) is 10.4 Å². The van der Waals surface area contributed by atoms with Gasteiger partial charge in [-0.3, -0.25) is 9.59 Å². The lowest BCUT2D eigenvalue weighted by molar-refractivity contribution is -0.133. The van der Waals surface area contributed by atoms with Crippen molar-refractivity contribution in [2.45, 2.75) is 0 Å². The van der Waals surface area contributed by atoms with Gasteiger partial charge in [0.1, 0.15) is 0 Å².